The van der Waals surface area contributed by atoms with Gasteiger partial charge in [-0.2, -0.15) is 0 Å². The first-order chi connectivity index (χ1) is 9.00. The molecule has 0 bridgehead atoms. The lowest BCUT2D eigenvalue weighted by molar-refractivity contribution is 0.102. The van der Waals surface area contributed by atoms with Gasteiger partial charge in [-0.15, -0.1) is 0 Å². The molecule has 3 N–H and O–H groups in total. The van der Waals surface area contributed by atoms with Crippen LogP contribution in [0.4, 0.5) is 5.69 Å². The fourth-order valence-electron chi connectivity index (χ4n) is 1.61. The van der Waals surface area contributed by atoms with E-state index in [1.807, 2.05) is 0 Å². The quantitative estimate of drug-likeness (QED) is 0.738. The second-order valence-corrected chi connectivity index (χ2v) is 4.28. The van der Waals surface area contributed by atoms with Crippen LogP contribution in [-0.2, 0) is 0 Å². The number of aryl methyl sites for hydroxylation is 1. The lowest BCUT2D eigenvalue weighted by Gasteiger charge is -2.11. The summed E-state index contributed by atoms with van der Waals surface area (Å²) in [5, 5.41) is 21.9. The number of phenols is 2. The summed E-state index contributed by atoms with van der Waals surface area (Å²) in [5.74, 6) is -1.28. The molecule has 19 heavy (non-hydrogen) atoms. The SMILES string of the molecule is Cc1ccnc(Cl)c1NC(=O)c1c(O)cccc1O. The number of anilines is 1. The highest BCUT2D eigenvalue weighted by Crippen LogP contribution is 2.29. The molecule has 2 aromatic rings. The van der Waals surface area contributed by atoms with Crippen molar-refractivity contribution in [3.63, 3.8) is 0 Å². The molecule has 1 heterocycles. The molecule has 0 aliphatic rings. The molecule has 0 spiro atoms. The number of phenolic OH excluding ortho intramolecular Hbond substituents is 2. The molecule has 0 saturated heterocycles. The number of aromatic nitrogens is 1. The highest BCUT2D eigenvalue weighted by molar-refractivity contribution is 6.33. The highest BCUT2D eigenvalue weighted by Gasteiger charge is 2.18. The number of halogens is 1. The minimum atomic E-state index is -0.659. The number of hydrogen-bond acceptors (Lipinski definition) is 4. The molecule has 98 valence electrons. The van der Waals surface area contributed by atoms with Gasteiger partial charge >= 0.3 is 0 Å². The molecule has 0 unspecified atom stereocenters. The summed E-state index contributed by atoms with van der Waals surface area (Å²) in [4.78, 5) is 15.9. The predicted molar refractivity (Wildman–Crippen MR) is 71.7 cm³/mol. The van der Waals surface area contributed by atoms with Gasteiger partial charge in [0, 0.05) is 6.20 Å². The molecule has 0 radical (unpaired) electrons. The summed E-state index contributed by atoms with van der Waals surface area (Å²) in [6.07, 6.45) is 1.52. The molecule has 1 amide bonds. The molecule has 0 fully saturated rings. The number of pyridine rings is 1. The molecular weight excluding hydrogens is 268 g/mol. The number of carbonyl (C=O) groups excluding carboxylic acids is 1. The van der Waals surface area contributed by atoms with Gasteiger partial charge in [-0.05, 0) is 30.7 Å². The summed E-state index contributed by atoms with van der Waals surface area (Å²) in [5.41, 5.74) is 0.863. The van der Waals surface area contributed by atoms with Gasteiger partial charge in [-0.1, -0.05) is 17.7 Å². The third-order valence-electron chi connectivity index (χ3n) is 2.60. The van der Waals surface area contributed by atoms with Crippen LogP contribution >= 0.6 is 11.6 Å². The van der Waals surface area contributed by atoms with Crippen molar-refractivity contribution in [1.82, 2.24) is 4.98 Å². The molecule has 1 aromatic carbocycles. The summed E-state index contributed by atoms with van der Waals surface area (Å²) in [6, 6.07) is 5.74. The summed E-state index contributed by atoms with van der Waals surface area (Å²) in [6.45, 7) is 1.76. The largest absolute Gasteiger partial charge is 0.507 e. The monoisotopic (exact) mass is 278 g/mol. The summed E-state index contributed by atoms with van der Waals surface area (Å²) >= 11 is 5.89. The smallest absolute Gasteiger partial charge is 0.263 e. The first kappa shape index (κ1) is 13.2. The van der Waals surface area contributed by atoms with Crippen LogP contribution in [0, 0.1) is 6.92 Å². The van der Waals surface area contributed by atoms with Crippen LogP contribution in [0.3, 0.4) is 0 Å². The standard InChI is InChI=1S/C13H11ClN2O3/c1-7-5-6-15-12(14)11(7)16-13(19)10-8(17)3-2-4-9(10)18/h2-6,17-18H,1H3,(H,16,19). The van der Waals surface area contributed by atoms with Gasteiger partial charge < -0.3 is 15.5 Å². The Morgan fingerprint density at radius 2 is 1.89 bits per heavy atom. The average Bonchev–Trinajstić information content (AvgIpc) is 2.34. The van der Waals surface area contributed by atoms with Crippen molar-refractivity contribution in [1.29, 1.82) is 0 Å². The zero-order chi connectivity index (χ0) is 14.0. The predicted octanol–water partition coefficient (Wildman–Crippen LogP) is 2.71. The molecule has 6 heteroatoms. The number of rotatable bonds is 2. The topological polar surface area (TPSA) is 82.5 Å². The lowest BCUT2D eigenvalue weighted by Crippen LogP contribution is -2.14. The van der Waals surface area contributed by atoms with Crippen molar-refractivity contribution in [3.05, 3.63) is 46.7 Å². The van der Waals surface area contributed by atoms with Crippen LogP contribution in [0.5, 0.6) is 11.5 Å². The average molecular weight is 279 g/mol. The van der Waals surface area contributed by atoms with E-state index in [0.29, 0.717) is 5.69 Å². The zero-order valence-corrected chi connectivity index (χ0v) is 10.8. The van der Waals surface area contributed by atoms with Crippen LogP contribution < -0.4 is 5.32 Å². The third kappa shape index (κ3) is 2.61. The van der Waals surface area contributed by atoms with E-state index in [9.17, 15) is 15.0 Å². The van der Waals surface area contributed by atoms with Crippen molar-refractivity contribution in [2.24, 2.45) is 0 Å². The maximum atomic E-state index is 12.0. The Labute approximate surface area is 114 Å². The van der Waals surface area contributed by atoms with Gasteiger partial charge in [0.05, 0.1) is 5.69 Å². The molecule has 0 aliphatic carbocycles. The van der Waals surface area contributed by atoms with Crippen molar-refractivity contribution in [3.8, 4) is 11.5 Å². The maximum Gasteiger partial charge on any atom is 0.263 e. The van der Waals surface area contributed by atoms with Gasteiger partial charge in [0.1, 0.15) is 17.1 Å². The van der Waals surface area contributed by atoms with Gasteiger partial charge in [-0.25, -0.2) is 4.98 Å². The van der Waals surface area contributed by atoms with E-state index in [2.05, 4.69) is 10.3 Å². The van der Waals surface area contributed by atoms with Crippen LogP contribution in [0.2, 0.25) is 5.15 Å². The van der Waals surface area contributed by atoms with Crippen LogP contribution in [0.25, 0.3) is 0 Å². The molecule has 0 atom stereocenters. The van der Waals surface area contributed by atoms with Crippen molar-refractivity contribution in [2.75, 3.05) is 5.32 Å². The fraction of sp³-hybridized carbons (Fsp3) is 0.0769. The summed E-state index contributed by atoms with van der Waals surface area (Å²) in [7, 11) is 0. The van der Waals surface area contributed by atoms with E-state index in [4.69, 9.17) is 11.6 Å². The first-order valence-corrected chi connectivity index (χ1v) is 5.82. The lowest BCUT2D eigenvalue weighted by atomic mass is 10.1. The molecular formula is C13H11ClN2O3. The first-order valence-electron chi connectivity index (χ1n) is 5.44. The van der Waals surface area contributed by atoms with E-state index < -0.39 is 5.91 Å². The van der Waals surface area contributed by atoms with Gasteiger partial charge in [-0.3, -0.25) is 4.79 Å². The van der Waals surface area contributed by atoms with Crippen LogP contribution in [-0.4, -0.2) is 21.1 Å². The minimum absolute atomic E-state index is 0.142. The van der Waals surface area contributed by atoms with Crippen molar-refractivity contribution in [2.45, 2.75) is 6.92 Å². The molecule has 0 aliphatic heterocycles. The zero-order valence-electron chi connectivity index (χ0n) is 10.0. The molecule has 5 nitrogen and oxygen atoms in total. The number of nitrogens with one attached hydrogen (secondary N) is 1. The fourth-order valence-corrected chi connectivity index (χ4v) is 1.86. The van der Waals surface area contributed by atoms with E-state index in [0.717, 1.165) is 5.56 Å². The van der Waals surface area contributed by atoms with E-state index in [1.54, 1.807) is 13.0 Å². The second-order valence-electron chi connectivity index (χ2n) is 3.92. The van der Waals surface area contributed by atoms with Gasteiger partial charge in [0.2, 0.25) is 0 Å². The number of amides is 1. The molecule has 1 aromatic heterocycles. The Morgan fingerprint density at radius 1 is 1.26 bits per heavy atom. The van der Waals surface area contributed by atoms with Crippen LogP contribution in [0.1, 0.15) is 15.9 Å². The Kier molecular flexibility index (Phi) is 3.57. The Balaban J connectivity index is 2.37. The Hall–Kier alpha value is -2.27. The van der Waals surface area contributed by atoms with Gasteiger partial charge in [0.15, 0.2) is 5.15 Å². The highest BCUT2D eigenvalue weighted by atomic mass is 35.5. The number of aromatic hydroxyl groups is 2. The normalized spacial score (nSPS) is 10.2. The third-order valence-corrected chi connectivity index (χ3v) is 2.89. The molecule has 0 saturated carbocycles. The van der Waals surface area contributed by atoms with Crippen LogP contribution in [0.15, 0.2) is 30.5 Å². The van der Waals surface area contributed by atoms with Gasteiger partial charge in [0.25, 0.3) is 5.91 Å². The van der Waals surface area contributed by atoms with Crippen molar-refractivity contribution >= 4 is 23.2 Å². The number of nitrogens with zero attached hydrogens (tertiary/aromatic N) is 1. The Morgan fingerprint density at radius 3 is 2.47 bits per heavy atom. The van der Waals surface area contributed by atoms with E-state index in [1.165, 1.54) is 24.4 Å². The van der Waals surface area contributed by atoms with E-state index in [-0.39, 0.29) is 22.2 Å². The molecule has 2 rings (SSSR count). The second kappa shape index (κ2) is 5.16. The summed E-state index contributed by atoms with van der Waals surface area (Å²) < 4.78 is 0. The maximum absolute atomic E-state index is 12.0. The minimum Gasteiger partial charge on any atom is -0.507 e. The number of hydrogen-bond donors (Lipinski definition) is 3. The van der Waals surface area contributed by atoms with Crippen molar-refractivity contribution < 1.29 is 15.0 Å². The number of benzene rings is 1. The van der Waals surface area contributed by atoms with E-state index >= 15 is 0 Å². The number of carbonyl (C=O) groups is 1. The Bertz CT molecular complexity index is 603.